The average molecular weight is 368 g/mol. The molecule has 1 rings (SSSR count). The van der Waals surface area contributed by atoms with Crippen molar-refractivity contribution >= 4 is 11.9 Å². The molecule has 0 radical (unpaired) electrons. The lowest BCUT2D eigenvalue weighted by atomic mass is 9.94. The second-order valence-electron chi connectivity index (χ2n) is 4.99. The third-order valence-corrected chi connectivity index (χ3v) is 2.99. The summed E-state index contributed by atoms with van der Waals surface area (Å²) in [4.78, 5) is 22.6. The first-order chi connectivity index (χ1) is 10.7. The molecule has 1 aliphatic heterocycles. The summed E-state index contributed by atoms with van der Waals surface area (Å²) in [5, 5.41) is 0. The van der Waals surface area contributed by atoms with Crippen molar-refractivity contribution in [1.82, 2.24) is 0 Å². The quantitative estimate of drug-likeness (QED) is 0.434. The Balaban J connectivity index is 3.01. The normalized spacial score (nSPS) is 27.7. The molecule has 1 fully saturated rings. The second kappa shape index (κ2) is 6.57. The fraction of sp³-hybridized carbons (Fsp3) is 0.667. The molecule has 0 N–H and O–H groups in total. The Labute approximate surface area is 130 Å². The molecule has 5 nitrogen and oxygen atoms in total. The maximum atomic E-state index is 13.2. The average Bonchev–Trinajstić information content (AvgIpc) is 2.73. The number of halogens is 7. The third kappa shape index (κ3) is 4.36. The largest absolute Gasteiger partial charge is 0.454 e. The van der Waals surface area contributed by atoms with Gasteiger partial charge in [0.05, 0.1) is 0 Å². The van der Waals surface area contributed by atoms with Crippen molar-refractivity contribution in [2.45, 2.75) is 37.6 Å². The Kier molecular flexibility index (Phi) is 5.53. The minimum atomic E-state index is -5.46. The van der Waals surface area contributed by atoms with E-state index in [1.807, 2.05) is 0 Å². The number of hydrogen-bond acceptors (Lipinski definition) is 5. The van der Waals surface area contributed by atoms with E-state index >= 15 is 0 Å². The smallest absolute Gasteiger partial charge is 0.428 e. The number of esters is 2. The zero-order chi connectivity index (χ0) is 18.9. The summed E-state index contributed by atoms with van der Waals surface area (Å²) < 4.78 is 100. The van der Waals surface area contributed by atoms with Gasteiger partial charge in [0.2, 0.25) is 12.1 Å². The summed E-state index contributed by atoms with van der Waals surface area (Å²) in [6, 6.07) is 0. The lowest BCUT2D eigenvalue weighted by Crippen LogP contribution is -2.53. The van der Waals surface area contributed by atoms with E-state index < -0.39 is 61.0 Å². The molecule has 0 aromatic heterocycles. The van der Waals surface area contributed by atoms with Gasteiger partial charge >= 0.3 is 24.3 Å². The van der Waals surface area contributed by atoms with Crippen molar-refractivity contribution in [2.24, 2.45) is 5.92 Å². The maximum Gasteiger partial charge on any atom is 0.428 e. The Morgan fingerprint density at radius 1 is 1.25 bits per heavy atom. The number of hydrogen-bond donors (Lipinski definition) is 0. The van der Waals surface area contributed by atoms with Gasteiger partial charge in [-0.25, -0.2) is 9.59 Å². The van der Waals surface area contributed by atoms with Gasteiger partial charge in [-0.2, -0.15) is 30.7 Å². The van der Waals surface area contributed by atoms with Crippen LogP contribution < -0.4 is 0 Å². The highest BCUT2D eigenvalue weighted by molar-refractivity contribution is 5.85. The number of ether oxygens (including phenoxy) is 3. The zero-order valence-corrected chi connectivity index (χ0v) is 12.0. The molecule has 1 heterocycles. The van der Waals surface area contributed by atoms with Gasteiger partial charge in [0.15, 0.2) is 6.61 Å². The Hall–Kier alpha value is -1.85. The highest BCUT2D eigenvalue weighted by atomic mass is 19.4. The number of carbonyl (C=O) groups is 2. The van der Waals surface area contributed by atoms with Gasteiger partial charge in [0.25, 0.3) is 5.60 Å². The van der Waals surface area contributed by atoms with Crippen LogP contribution in [0.25, 0.3) is 0 Å². The minimum Gasteiger partial charge on any atom is -0.454 e. The molecule has 0 aromatic carbocycles. The zero-order valence-electron chi connectivity index (χ0n) is 12.0. The van der Waals surface area contributed by atoms with Crippen LogP contribution in [-0.2, 0) is 23.8 Å². The van der Waals surface area contributed by atoms with Crippen LogP contribution in [-0.4, -0.2) is 42.8 Å². The standard InChI is InChI=1S/C12H11F7O5/c1-5-3-10(12(17,18)19,9(21)22-4-11(14,15)16)24-8(5)23-7(20)6(2)13/h5,8H,2-4H2,1H3. The van der Waals surface area contributed by atoms with Crippen molar-refractivity contribution in [3.63, 3.8) is 0 Å². The number of carbonyl (C=O) groups excluding carboxylic acids is 2. The predicted molar refractivity (Wildman–Crippen MR) is 60.8 cm³/mol. The molecule has 1 saturated heterocycles. The van der Waals surface area contributed by atoms with E-state index in [1.54, 1.807) is 0 Å². The monoisotopic (exact) mass is 368 g/mol. The molecule has 0 aromatic rings. The highest BCUT2D eigenvalue weighted by Crippen LogP contribution is 2.47. The molecule has 3 atom stereocenters. The minimum absolute atomic E-state index is 1.06. The molecule has 0 aliphatic carbocycles. The van der Waals surface area contributed by atoms with Gasteiger partial charge in [-0.1, -0.05) is 13.5 Å². The van der Waals surface area contributed by atoms with Gasteiger partial charge in [-0.15, -0.1) is 0 Å². The lowest BCUT2D eigenvalue weighted by molar-refractivity contribution is -0.294. The Morgan fingerprint density at radius 2 is 1.79 bits per heavy atom. The van der Waals surface area contributed by atoms with Gasteiger partial charge in [-0.3, -0.25) is 0 Å². The van der Waals surface area contributed by atoms with Crippen LogP contribution in [0.4, 0.5) is 30.7 Å². The Bertz CT molecular complexity index is 527. The van der Waals surface area contributed by atoms with Crippen LogP contribution in [0, 0.1) is 5.92 Å². The summed E-state index contributed by atoms with van der Waals surface area (Å²) in [5.74, 6) is -6.98. The van der Waals surface area contributed by atoms with Gasteiger partial charge in [0, 0.05) is 12.3 Å². The molecule has 12 heteroatoms. The molecule has 24 heavy (non-hydrogen) atoms. The first-order valence-electron chi connectivity index (χ1n) is 6.23. The van der Waals surface area contributed by atoms with E-state index in [0.29, 0.717) is 0 Å². The summed E-state index contributed by atoms with van der Waals surface area (Å²) in [5.41, 5.74) is -3.76. The molecule has 0 saturated carbocycles. The van der Waals surface area contributed by atoms with Crippen LogP contribution in [0.2, 0.25) is 0 Å². The van der Waals surface area contributed by atoms with Crippen molar-refractivity contribution in [3.05, 3.63) is 12.4 Å². The van der Waals surface area contributed by atoms with Crippen LogP contribution in [0.3, 0.4) is 0 Å². The summed E-state index contributed by atoms with van der Waals surface area (Å²) >= 11 is 0. The first-order valence-corrected chi connectivity index (χ1v) is 6.23. The Morgan fingerprint density at radius 3 is 2.21 bits per heavy atom. The fourth-order valence-corrected chi connectivity index (χ4v) is 1.92. The van der Waals surface area contributed by atoms with Crippen molar-refractivity contribution < 1.29 is 54.5 Å². The summed E-state index contributed by atoms with van der Waals surface area (Å²) in [6.07, 6.45) is -13.7. The molecule has 138 valence electrons. The van der Waals surface area contributed by atoms with Gasteiger partial charge in [0.1, 0.15) is 0 Å². The van der Waals surface area contributed by atoms with Crippen LogP contribution in [0.15, 0.2) is 12.4 Å². The van der Waals surface area contributed by atoms with E-state index in [1.165, 1.54) is 0 Å². The van der Waals surface area contributed by atoms with Crippen LogP contribution in [0.1, 0.15) is 13.3 Å². The molecular formula is C12H11F7O5. The van der Waals surface area contributed by atoms with E-state index in [2.05, 4.69) is 20.8 Å². The van der Waals surface area contributed by atoms with Crippen molar-refractivity contribution in [1.29, 1.82) is 0 Å². The first kappa shape index (κ1) is 20.2. The topological polar surface area (TPSA) is 61.8 Å². The lowest BCUT2D eigenvalue weighted by Gasteiger charge is -2.29. The second-order valence-corrected chi connectivity index (χ2v) is 4.99. The highest BCUT2D eigenvalue weighted by Gasteiger charge is 2.69. The van der Waals surface area contributed by atoms with E-state index in [-0.39, 0.29) is 0 Å². The van der Waals surface area contributed by atoms with E-state index in [4.69, 9.17) is 0 Å². The number of rotatable bonds is 4. The van der Waals surface area contributed by atoms with Gasteiger partial charge < -0.3 is 14.2 Å². The maximum absolute atomic E-state index is 13.2. The third-order valence-electron chi connectivity index (χ3n) is 2.99. The van der Waals surface area contributed by atoms with Crippen molar-refractivity contribution in [2.75, 3.05) is 6.61 Å². The van der Waals surface area contributed by atoms with E-state index in [9.17, 15) is 40.3 Å². The number of alkyl halides is 6. The predicted octanol–water partition coefficient (Wildman–Crippen LogP) is 2.80. The van der Waals surface area contributed by atoms with E-state index in [0.717, 1.165) is 6.92 Å². The molecule has 1 aliphatic rings. The van der Waals surface area contributed by atoms with Crippen LogP contribution >= 0.6 is 0 Å². The SMILES string of the molecule is C=C(F)C(=O)OC1OC(C(=O)OCC(F)(F)F)(C(F)(F)F)CC1C. The van der Waals surface area contributed by atoms with Crippen molar-refractivity contribution in [3.8, 4) is 0 Å². The molecule has 3 unspecified atom stereocenters. The van der Waals surface area contributed by atoms with Gasteiger partial charge in [-0.05, 0) is 0 Å². The molecule has 0 amide bonds. The molecular weight excluding hydrogens is 357 g/mol. The van der Waals surface area contributed by atoms with Crippen LogP contribution in [0.5, 0.6) is 0 Å². The summed E-state index contributed by atoms with van der Waals surface area (Å²) in [7, 11) is 0. The molecule has 0 spiro atoms. The summed E-state index contributed by atoms with van der Waals surface area (Å²) in [6.45, 7) is 1.37. The molecule has 0 bridgehead atoms. The fourth-order valence-electron chi connectivity index (χ4n) is 1.92.